The Morgan fingerprint density at radius 2 is 1.66 bits per heavy atom. The molecular formula is C29H40FN3O5. The van der Waals surface area contributed by atoms with Gasteiger partial charge in [-0.1, -0.05) is 12.1 Å². The Morgan fingerprint density at radius 3 is 2.21 bits per heavy atom. The highest BCUT2D eigenvalue weighted by Crippen LogP contribution is 2.35. The Kier molecular flexibility index (Phi) is 9.25. The van der Waals surface area contributed by atoms with Gasteiger partial charge in [-0.2, -0.15) is 0 Å². The van der Waals surface area contributed by atoms with Gasteiger partial charge in [0.05, 0.1) is 5.60 Å². The van der Waals surface area contributed by atoms with E-state index in [0.717, 1.165) is 11.3 Å². The zero-order valence-electron chi connectivity index (χ0n) is 23.3. The van der Waals surface area contributed by atoms with Crippen molar-refractivity contribution in [1.29, 1.82) is 0 Å². The molecule has 3 amide bonds. The molecule has 0 aliphatic carbocycles. The molecule has 0 spiro atoms. The predicted octanol–water partition coefficient (Wildman–Crippen LogP) is 5.52. The molecule has 0 atom stereocenters. The Hall–Kier alpha value is -3.33. The van der Waals surface area contributed by atoms with Crippen molar-refractivity contribution in [3.63, 3.8) is 0 Å². The molecule has 3 rings (SSSR count). The third-order valence-electron chi connectivity index (χ3n) is 6.70. The summed E-state index contributed by atoms with van der Waals surface area (Å²) in [5.41, 5.74) is 0.163. The van der Waals surface area contributed by atoms with Crippen LogP contribution in [0.5, 0.6) is 5.75 Å². The van der Waals surface area contributed by atoms with Gasteiger partial charge in [0.2, 0.25) is 0 Å². The lowest BCUT2D eigenvalue weighted by atomic mass is 9.84. The van der Waals surface area contributed by atoms with Crippen molar-refractivity contribution in [2.45, 2.75) is 65.3 Å². The molecule has 8 nitrogen and oxygen atoms in total. The Morgan fingerprint density at radius 1 is 1.05 bits per heavy atom. The first kappa shape index (κ1) is 29.2. The normalized spacial score (nSPS) is 15.1. The number of hydrogen-bond acceptors (Lipinski definition) is 5. The second kappa shape index (κ2) is 12.0. The maximum absolute atomic E-state index is 14.5. The van der Waals surface area contributed by atoms with Gasteiger partial charge in [-0.15, -0.1) is 0 Å². The molecule has 1 aliphatic rings. The van der Waals surface area contributed by atoms with Gasteiger partial charge in [-0.05, 0) is 82.9 Å². The second-order valence-electron chi connectivity index (χ2n) is 10.6. The lowest BCUT2D eigenvalue weighted by Gasteiger charge is -2.39. The Bertz CT molecular complexity index is 1100. The van der Waals surface area contributed by atoms with E-state index in [1.165, 1.54) is 12.1 Å². The molecule has 1 aliphatic heterocycles. The highest BCUT2D eigenvalue weighted by molar-refractivity contribution is 5.91. The summed E-state index contributed by atoms with van der Waals surface area (Å²) in [4.78, 5) is 29.8. The van der Waals surface area contributed by atoms with Gasteiger partial charge in [0.15, 0.2) is 0 Å². The number of amides is 3. The van der Waals surface area contributed by atoms with Gasteiger partial charge in [0.1, 0.15) is 23.8 Å². The number of benzene rings is 2. The first-order chi connectivity index (χ1) is 17.8. The number of ether oxygens (including phenoxy) is 2. The summed E-state index contributed by atoms with van der Waals surface area (Å²) in [7, 11) is 1.74. The summed E-state index contributed by atoms with van der Waals surface area (Å²) >= 11 is 0. The highest BCUT2D eigenvalue weighted by atomic mass is 19.1. The van der Waals surface area contributed by atoms with E-state index in [2.05, 4.69) is 0 Å². The van der Waals surface area contributed by atoms with Crippen LogP contribution in [0.15, 0.2) is 42.5 Å². The van der Waals surface area contributed by atoms with Gasteiger partial charge in [-0.25, -0.2) is 14.0 Å². The van der Waals surface area contributed by atoms with Crippen molar-refractivity contribution in [2.75, 3.05) is 38.1 Å². The van der Waals surface area contributed by atoms with Crippen LogP contribution in [0.4, 0.5) is 19.7 Å². The highest BCUT2D eigenvalue weighted by Gasteiger charge is 2.37. The summed E-state index contributed by atoms with van der Waals surface area (Å²) in [6.45, 7) is 11.4. The number of rotatable bonds is 7. The van der Waals surface area contributed by atoms with Crippen LogP contribution < -0.4 is 9.64 Å². The maximum Gasteiger partial charge on any atom is 0.410 e. The first-order valence-corrected chi connectivity index (χ1v) is 13.1. The fourth-order valence-corrected chi connectivity index (χ4v) is 4.39. The van der Waals surface area contributed by atoms with E-state index in [-0.39, 0.29) is 25.5 Å². The zero-order valence-corrected chi connectivity index (χ0v) is 23.3. The summed E-state index contributed by atoms with van der Waals surface area (Å²) in [5, 5.41) is 11.3. The molecule has 1 fully saturated rings. The SMILES string of the molecule is CCN(CC)C(=O)N(C)c1ccc(COc2cc(F)cc(C3(O)CCN(C(=O)OC(C)(C)C)CC3)c2)cc1. The van der Waals surface area contributed by atoms with Crippen molar-refractivity contribution in [1.82, 2.24) is 9.80 Å². The van der Waals surface area contributed by atoms with Crippen LogP contribution in [0.1, 0.15) is 58.6 Å². The zero-order chi connectivity index (χ0) is 28.1. The van der Waals surface area contributed by atoms with E-state index in [1.54, 1.807) is 48.6 Å². The van der Waals surface area contributed by atoms with Gasteiger partial charge >= 0.3 is 12.1 Å². The van der Waals surface area contributed by atoms with Crippen molar-refractivity contribution in [3.05, 3.63) is 59.4 Å². The lowest BCUT2D eigenvalue weighted by molar-refractivity contribution is -0.0359. The van der Waals surface area contributed by atoms with Crippen molar-refractivity contribution in [3.8, 4) is 5.75 Å². The molecule has 208 valence electrons. The quantitative estimate of drug-likeness (QED) is 0.511. The van der Waals surface area contributed by atoms with Crippen molar-refractivity contribution in [2.24, 2.45) is 0 Å². The number of piperidine rings is 1. The number of aliphatic hydroxyl groups is 1. The summed E-state index contributed by atoms with van der Waals surface area (Å²) in [6.07, 6.45) is 0.101. The minimum Gasteiger partial charge on any atom is -0.489 e. The van der Waals surface area contributed by atoms with Gasteiger partial charge in [-0.3, -0.25) is 4.90 Å². The largest absolute Gasteiger partial charge is 0.489 e. The minimum absolute atomic E-state index is 0.0684. The van der Waals surface area contributed by atoms with E-state index >= 15 is 0 Å². The first-order valence-electron chi connectivity index (χ1n) is 13.1. The molecule has 0 aromatic heterocycles. The third-order valence-corrected chi connectivity index (χ3v) is 6.70. The molecule has 9 heteroatoms. The van der Waals surface area contributed by atoms with Crippen LogP contribution in [0.2, 0.25) is 0 Å². The molecule has 0 unspecified atom stereocenters. The minimum atomic E-state index is -1.28. The number of urea groups is 1. The van der Waals surface area contributed by atoms with Gasteiger partial charge < -0.3 is 24.4 Å². The van der Waals surface area contributed by atoms with Crippen LogP contribution in [0, 0.1) is 5.82 Å². The topological polar surface area (TPSA) is 82.6 Å². The molecule has 0 bridgehead atoms. The molecule has 38 heavy (non-hydrogen) atoms. The van der Waals surface area contributed by atoms with E-state index in [9.17, 15) is 19.1 Å². The summed E-state index contributed by atoms with van der Waals surface area (Å²) in [5.74, 6) is -0.201. The van der Waals surface area contributed by atoms with Crippen LogP contribution in [0.25, 0.3) is 0 Å². The number of likely N-dealkylation sites (tertiary alicyclic amines) is 1. The predicted molar refractivity (Wildman–Crippen MR) is 145 cm³/mol. The maximum atomic E-state index is 14.5. The van der Waals surface area contributed by atoms with Crippen LogP contribution >= 0.6 is 0 Å². The molecule has 0 saturated carbocycles. The molecule has 0 radical (unpaired) electrons. The van der Waals surface area contributed by atoms with Gasteiger partial charge in [0.25, 0.3) is 0 Å². The summed E-state index contributed by atoms with van der Waals surface area (Å²) in [6, 6.07) is 11.6. The Balaban J connectivity index is 1.63. The molecule has 2 aromatic carbocycles. The standard InChI is InChI=1S/C29H40FN3O5/c1-7-32(8-2)26(34)31(6)24-11-9-21(10-12-24)20-37-25-18-22(17-23(30)19-25)29(36)13-15-33(16-14-29)27(35)38-28(3,4)5/h9-12,17-19,36H,7-8,13-16,20H2,1-6H3. The summed E-state index contributed by atoms with van der Waals surface area (Å²) < 4.78 is 25.8. The van der Waals surface area contributed by atoms with Crippen LogP contribution in [-0.2, 0) is 16.9 Å². The van der Waals surface area contributed by atoms with E-state index < -0.39 is 23.1 Å². The molecular weight excluding hydrogens is 489 g/mol. The van der Waals surface area contributed by atoms with E-state index in [1.807, 2.05) is 38.1 Å². The average molecular weight is 530 g/mol. The number of carbonyl (C=O) groups is 2. The number of carbonyl (C=O) groups excluding carboxylic acids is 2. The molecule has 2 aromatic rings. The third kappa shape index (κ3) is 7.37. The lowest BCUT2D eigenvalue weighted by Crippen LogP contribution is -2.46. The van der Waals surface area contributed by atoms with Crippen molar-refractivity contribution >= 4 is 17.8 Å². The monoisotopic (exact) mass is 529 g/mol. The molecule has 1 saturated heterocycles. The van der Waals surface area contributed by atoms with Crippen molar-refractivity contribution < 1.29 is 28.6 Å². The fraction of sp³-hybridized carbons (Fsp3) is 0.517. The van der Waals surface area contributed by atoms with Crippen LogP contribution in [-0.4, -0.2) is 65.9 Å². The van der Waals surface area contributed by atoms with Gasteiger partial charge in [0, 0.05) is 45.0 Å². The molecule has 1 N–H and O–H groups in total. The van der Waals surface area contributed by atoms with E-state index in [4.69, 9.17) is 9.47 Å². The number of hydrogen-bond donors (Lipinski definition) is 1. The second-order valence-corrected chi connectivity index (χ2v) is 10.6. The van der Waals surface area contributed by atoms with E-state index in [0.29, 0.717) is 37.5 Å². The number of nitrogens with zero attached hydrogens (tertiary/aromatic N) is 3. The average Bonchev–Trinajstić information content (AvgIpc) is 2.87. The number of anilines is 1. The molecule has 1 heterocycles. The smallest absolute Gasteiger partial charge is 0.410 e. The van der Waals surface area contributed by atoms with Crippen LogP contribution in [0.3, 0.4) is 0 Å². The fourth-order valence-electron chi connectivity index (χ4n) is 4.39. The number of halogens is 1. The Labute approximate surface area is 224 Å².